The lowest BCUT2D eigenvalue weighted by molar-refractivity contribution is 0.0874. The average Bonchev–Trinajstić information content (AvgIpc) is 2.76. The van der Waals surface area contributed by atoms with E-state index in [1.54, 1.807) is 0 Å². The van der Waals surface area contributed by atoms with Gasteiger partial charge in [-0.1, -0.05) is 60.7 Å². The van der Waals surface area contributed by atoms with Crippen LogP contribution in [0.2, 0.25) is 0 Å². The zero-order valence-corrected chi connectivity index (χ0v) is 21.1. The summed E-state index contributed by atoms with van der Waals surface area (Å²) in [5.41, 5.74) is 4.47. The number of amides is 2. The van der Waals surface area contributed by atoms with Gasteiger partial charge in [-0.25, -0.2) is 9.59 Å². The largest absolute Gasteiger partial charge is 0.446 e. The first-order valence-electron chi connectivity index (χ1n) is 11.2. The van der Waals surface area contributed by atoms with Crippen molar-refractivity contribution in [3.8, 4) is 0 Å². The summed E-state index contributed by atoms with van der Waals surface area (Å²) in [4.78, 5) is 24.6. The Morgan fingerprint density at radius 1 is 0.735 bits per heavy atom. The molecule has 2 amide bonds. The molecule has 0 spiro atoms. The number of hydrogen-bond acceptors (Lipinski definition) is 4. The number of alkyl carbamates (subject to hydrolysis) is 2. The van der Waals surface area contributed by atoms with Crippen LogP contribution < -0.4 is 10.6 Å². The summed E-state index contributed by atoms with van der Waals surface area (Å²) in [6.45, 7) is 19.2. The van der Waals surface area contributed by atoms with Gasteiger partial charge in [0.1, 0.15) is 13.2 Å². The summed E-state index contributed by atoms with van der Waals surface area (Å²) in [7, 11) is 0. The molecule has 0 saturated heterocycles. The van der Waals surface area contributed by atoms with E-state index in [4.69, 9.17) is 9.47 Å². The summed E-state index contributed by atoms with van der Waals surface area (Å²) in [6, 6.07) is 15.7. The Morgan fingerprint density at radius 3 is 1.41 bits per heavy atom. The fraction of sp³-hybridized carbons (Fsp3) is 0.357. The van der Waals surface area contributed by atoms with Crippen molar-refractivity contribution in [1.29, 1.82) is 0 Å². The molecular formula is C28H36N2O4. The molecule has 0 heterocycles. The standard InChI is InChI=1S/C28H36N2O4/c1-19(2)21-11-9-13-23(17-21)27(5,6)29-25(31)33-15-16-34-26(32)30-28(7,8)24-14-10-12-22(18-24)20(3)4/h9-14,17-18H,1,3,15-16H2,2,4-8H3,(H,29,31)(H,30,32). The Kier molecular flexibility index (Phi) is 8.68. The third kappa shape index (κ3) is 7.51. The minimum Gasteiger partial charge on any atom is -0.446 e. The maximum atomic E-state index is 12.3. The molecule has 0 bridgehead atoms. The Labute approximate surface area is 203 Å². The molecule has 182 valence electrons. The van der Waals surface area contributed by atoms with Gasteiger partial charge in [0, 0.05) is 0 Å². The van der Waals surface area contributed by atoms with E-state index in [0.29, 0.717) is 0 Å². The van der Waals surface area contributed by atoms with Crippen LogP contribution in [0, 0.1) is 0 Å². The van der Waals surface area contributed by atoms with Crippen molar-refractivity contribution in [3.05, 3.63) is 83.9 Å². The van der Waals surface area contributed by atoms with Crippen LogP contribution in [-0.2, 0) is 20.6 Å². The van der Waals surface area contributed by atoms with Crippen LogP contribution in [0.4, 0.5) is 9.59 Å². The number of rotatable bonds is 9. The molecule has 6 nitrogen and oxygen atoms in total. The van der Waals surface area contributed by atoms with Gasteiger partial charge in [0.15, 0.2) is 0 Å². The van der Waals surface area contributed by atoms with Crippen LogP contribution >= 0.6 is 0 Å². The number of allylic oxidation sites excluding steroid dienone is 2. The number of carbonyl (C=O) groups is 2. The predicted octanol–water partition coefficient (Wildman–Crippen LogP) is 6.38. The number of nitrogens with one attached hydrogen (secondary N) is 2. The van der Waals surface area contributed by atoms with Gasteiger partial charge in [0.05, 0.1) is 11.1 Å². The smallest absolute Gasteiger partial charge is 0.407 e. The van der Waals surface area contributed by atoms with Crippen molar-refractivity contribution in [2.45, 2.75) is 52.6 Å². The summed E-state index contributed by atoms with van der Waals surface area (Å²) < 4.78 is 10.4. The molecule has 2 aromatic carbocycles. The molecule has 0 atom stereocenters. The molecule has 2 N–H and O–H groups in total. The molecule has 0 unspecified atom stereocenters. The summed E-state index contributed by atoms with van der Waals surface area (Å²) in [5, 5.41) is 5.69. The lowest BCUT2D eigenvalue weighted by atomic mass is 9.92. The highest BCUT2D eigenvalue weighted by Crippen LogP contribution is 2.25. The van der Waals surface area contributed by atoms with Crippen molar-refractivity contribution in [2.75, 3.05) is 13.2 Å². The molecule has 0 aliphatic heterocycles. The van der Waals surface area contributed by atoms with Gasteiger partial charge < -0.3 is 20.1 Å². The van der Waals surface area contributed by atoms with Crippen molar-refractivity contribution in [3.63, 3.8) is 0 Å². The Morgan fingerprint density at radius 2 is 1.09 bits per heavy atom. The second-order valence-electron chi connectivity index (χ2n) is 9.49. The zero-order valence-electron chi connectivity index (χ0n) is 21.1. The second kappa shape index (κ2) is 11.1. The normalized spacial score (nSPS) is 11.4. The molecular weight excluding hydrogens is 428 g/mol. The van der Waals surface area contributed by atoms with Crippen molar-refractivity contribution < 1.29 is 19.1 Å². The van der Waals surface area contributed by atoms with Gasteiger partial charge >= 0.3 is 12.2 Å². The summed E-state index contributed by atoms with van der Waals surface area (Å²) in [5.74, 6) is 0. The molecule has 6 heteroatoms. The van der Waals surface area contributed by atoms with E-state index in [1.807, 2.05) is 90.1 Å². The molecule has 0 fully saturated rings. The SMILES string of the molecule is C=C(C)c1cccc(C(C)(C)NC(=O)OCCOC(=O)NC(C)(C)c2cccc(C(=C)C)c2)c1. The van der Waals surface area contributed by atoms with E-state index in [-0.39, 0.29) is 13.2 Å². The van der Waals surface area contributed by atoms with Gasteiger partial charge in [-0.05, 0) is 75.9 Å². The van der Waals surface area contributed by atoms with Gasteiger partial charge in [-0.3, -0.25) is 0 Å². The van der Waals surface area contributed by atoms with Crippen LogP contribution in [0.3, 0.4) is 0 Å². The van der Waals surface area contributed by atoms with Gasteiger partial charge in [0.25, 0.3) is 0 Å². The first-order chi connectivity index (χ1) is 15.8. The van der Waals surface area contributed by atoms with E-state index in [2.05, 4.69) is 23.8 Å². The maximum absolute atomic E-state index is 12.3. The van der Waals surface area contributed by atoms with Crippen LogP contribution in [0.1, 0.15) is 63.8 Å². The molecule has 0 radical (unpaired) electrons. The third-order valence-corrected chi connectivity index (χ3v) is 5.53. The molecule has 34 heavy (non-hydrogen) atoms. The number of ether oxygens (including phenoxy) is 2. The van der Waals surface area contributed by atoms with E-state index >= 15 is 0 Å². The average molecular weight is 465 g/mol. The van der Waals surface area contributed by atoms with Gasteiger partial charge in [0.2, 0.25) is 0 Å². The lowest BCUT2D eigenvalue weighted by Gasteiger charge is -2.27. The maximum Gasteiger partial charge on any atom is 0.407 e. The van der Waals surface area contributed by atoms with Crippen molar-refractivity contribution in [1.82, 2.24) is 10.6 Å². The number of carbonyl (C=O) groups excluding carboxylic acids is 2. The van der Waals surface area contributed by atoms with Crippen LogP contribution in [0.25, 0.3) is 11.1 Å². The number of hydrogen-bond donors (Lipinski definition) is 2. The van der Waals surface area contributed by atoms with Crippen LogP contribution in [0.15, 0.2) is 61.7 Å². The Bertz CT molecular complexity index is 984. The predicted molar refractivity (Wildman–Crippen MR) is 137 cm³/mol. The topological polar surface area (TPSA) is 76.7 Å². The van der Waals surface area contributed by atoms with E-state index in [9.17, 15) is 9.59 Å². The monoisotopic (exact) mass is 464 g/mol. The van der Waals surface area contributed by atoms with Crippen LogP contribution in [0.5, 0.6) is 0 Å². The highest BCUT2D eigenvalue weighted by molar-refractivity contribution is 5.70. The molecule has 2 rings (SSSR count). The van der Waals surface area contributed by atoms with E-state index < -0.39 is 23.3 Å². The highest BCUT2D eigenvalue weighted by atomic mass is 16.6. The molecule has 0 aliphatic rings. The first kappa shape index (κ1) is 26.7. The lowest BCUT2D eigenvalue weighted by Crippen LogP contribution is -2.42. The minimum atomic E-state index is -0.650. The molecule has 2 aromatic rings. The van der Waals surface area contributed by atoms with Gasteiger partial charge in [-0.2, -0.15) is 0 Å². The third-order valence-electron chi connectivity index (χ3n) is 5.53. The molecule has 0 aromatic heterocycles. The quantitative estimate of drug-likeness (QED) is 0.423. The fourth-order valence-electron chi connectivity index (χ4n) is 3.34. The zero-order chi connectivity index (χ0) is 25.5. The second-order valence-corrected chi connectivity index (χ2v) is 9.49. The Balaban J connectivity index is 1.82. The first-order valence-corrected chi connectivity index (χ1v) is 11.2. The van der Waals surface area contributed by atoms with Crippen molar-refractivity contribution in [2.24, 2.45) is 0 Å². The highest BCUT2D eigenvalue weighted by Gasteiger charge is 2.25. The fourth-order valence-corrected chi connectivity index (χ4v) is 3.34. The summed E-state index contributed by atoms with van der Waals surface area (Å²) >= 11 is 0. The molecule has 0 saturated carbocycles. The Hall–Kier alpha value is -3.54. The summed E-state index contributed by atoms with van der Waals surface area (Å²) in [6.07, 6.45) is -1.18. The molecule has 0 aliphatic carbocycles. The van der Waals surface area contributed by atoms with E-state index in [1.165, 1.54) is 0 Å². The number of benzene rings is 2. The van der Waals surface area contributed by atoms with E-state index in [0.717, 1.165) is 33.4 Å². The van der Waals surface area contributed by atoms with Crippen molar-refractivity contribution >= 4 is 23.3 Å². The van der Waals surface area contributed by atoms with Gasteiger partial charge in [-0.15, -0.1) is 0 Å². The minimum absolute atomic E-state index is 0.0628. The van der Waals surface area contributed by atoms with Crippen LogP contribution in [-0.4, -0.2) is 25.4 Å².